The van der Waals surface area contributed by atoms with Crippen LogP contribution in [0.2, 0.25) is 0 Å². The van der Waals surface area contributed by atoms with E-state index in [-0.39, 0.29) is 17.6 Å². The van der Waals surface area contributed by atoms with Crippen molar-refractivity contribution in [1.29, 1.82) is 0 Å². The van der Waals surface area contributed by atoms with Crippen molar-refractivity contribution >= 4 is 11.9 Å². The Labute approximate surface area is 166 Å². The summed E-state index contributed by atoms with van der Waals surface area (Å²) in [6.07, 6.45) is -2.47. The summed E-state index contributed by atoms with van der Waals surface area (Å²) >= 11 is 0. The molecule has 1 heterocycles. The third-order valence-corrected chi connectivity index (χ3v) is 5.30. The van der Waals surface area contributed by atoms with E-state index in [0.717, 1.165) is 5.56 Å². The van der Waals surface area contributed by atoms with Crippen LogP contribution in [0.25, 0.3) is 0 Å². The number of nitrogens with zero attached hydrogens (tertiary/aromatic N) is 2. The fourth-order valence-electron chi connectivity index (χ4n) is 3.64. The summed E-state index contributed by atoms with van der Waals surface area (Å²) in [6.45, 7) is 0. The lowest BCUT2D eigenvalue weighted by molar-refractivity contribution is -0.274. The van der Waals surface area contributed by atoms with E-state index < -0.39 is 18.3 Å². The standard InChI is InChI=1S/C21H20F3N3O2/c1-27-19(28)17(14-9-7-13(8-10-14)12-5-6-12)18(26-20(27)25)15-3-2-4-16(11-15)29-21(22,23)24/h2-4,7-12,17-18H,5-6H2,1H3,(H2,25,26)/t17-,18-/m1/s1. The molecule has 1 aliphatic carbocycles. The highest BCUT2D eigenvalue weighted by atomic mass is 19.4. The molecule has 8 heteroatoms. The second-order valence-electron chi connectivity index (χ2n) is 7.37. The number of benzene rings is 2. The van der Waals surface area contributed by atoms with Crippen molar-refractivity contribution in [3.63, 3.8) is 0 Å². The topological polar surface area (TPSA) is 67.9 Å². The normalized spacial score (nSPS) is 22.4. The lowest BCUT2D eigenvalue weighted by Gasteiger charge is -2.33. The molecule has 2 aromatic carbocycles. The van der Waals surface area contributed by atoms with Gasteiger partial charge in [-0.3, -0.25) is 9.69 Å². The number of nitrogens with two attached hydrogens (primary N) is 1. The van der Waals surface area contributed by atoms with Crippen molar-refractivity contribution in [1.82, 2.24) is 4.90 Å². The fourth-order valence-corrected chi connectivity index (χ4v) is 3.64. The zero-order valence-corrected chi connectivity index (χ0v) is 15.7. The number of guanidine groups is 1. The number of likely N-dealkylation sites (N-methyl/N-ethyl adjacent to an activating group) is 1. The Morgan fingerprint density at radius 1 is 1.07 bits per heavy atom. The number of hydrogen-bond acceptors (Lipinski definition) is 4. The molecule has 1 fully saturated rings. The van der Waals surface area contributed by atoms with Gasteiger partial charge in [0.15, 0.2) is 5.96 Å². The van der Waals surface area contributed by atoms with Gasteiger partial charge in [-0.05, 0) is 47.6 Å². The van der Waals surface area contributed by atoms with Crippen LogP contribution >= 0.6 is 0 Å². The van der Waals surface area contributed by atoms with Crippen LogP contribution in [0.5, 0.6) is 5.75 Å². The Hall–Kier alpha value is -3.03. The molecule has 0 radical (unpaired) electrons. The van der Waals surface area contributed by atoms with Crippen molar-refractivity contribution < 1.29 is 22.7 Å². The lowest BCUT2D eigenvalue weighted by Crippen LogP contribution is -2.46. The van der Waals surface area contributed by atoms with Crippen molar-refractivity contribution in [2.24, 2.45) is 10.7 Å². The molecule has 0 aromatic heterocycles. The minimum absolute atomic E-state index is 0.0213. The maximum absolute atomic E-state index is 13.0. The van der Waals surface area contributed by atoms with Crippen LogP contribution in [0.15, 0.2) is 53.5 Å². The molecule has 152 valence electrons. The molecule has 5 nitrogen and oxygen atoms in total. The van der Waals surface area contributed by atoms with E-state index in [1.54, 1.807) is 6.07 Å². The maximum Gasteiger partial charge on any atom is 0.573 e. The van der Waals surface area contributed by atoms with Crippen LogP contribution in [0.4, 0.5) is 13.2 Å². The number of rotatable bonds is 4. The Balaban J connectivity index is 1.72. The highest BCUT2D eigenvalue weighted by Gasteiger charge is 2.39. The second kappa shape index (κ2) is 7.09. The number of amides is 1. The van der Waals surface area contributed by atoms with Crippen molar-refractivity contribution in [3.05, 3.63) is 65.2 Å². The Morgan fingerprint density at radius 2 is 1.72 bits per heavy atom. The van der Waals surface area contributed by atoms with Gasteiger partial charge in [-0.15, -0.1) is 13.2 Å². The molecule has 2 atom stereocenters. The number of ether oxygens (including phenoxy) is 1. The van der Waals surface area contributed by atoms with Crippen LogP contribution in [0.1, 0.15) is 47.4 Å². The molecule has 2 aromatic rings. The van der Waals surface area contributed by atoms with Gasteiger partial charge in [0.05, 0.1) is 12.0 Å². The van der Waals surface area contributed by atoms with Crippen molar-refractivity contribution in [2.75, 3.05) is 7.05 Å². The van der Waals surface area contributed by atoms with E-state index in [2.05, 4.69) is 9.73 Å². The summed E-state index contributed by atoms with van der Waals surface area (Å²) in [5.41, 5.74) is 8.29. The van der Waals surface area contributed by atoms with E-state index >= 15 is 0 Å². The van der Waals surface area contributed by atoms with Gasteiger partial charge in [-0.25, -0.2) is 4.99 Å². The summed E-state index contributed by atoms with van der Waals surface area (Å²) in [7, 11) is 1.53. The first-order chi connectivity index (χ1) is 13.7. The first kappa shape index (κ1) is 19.3. The molecule has 0 bridgehead atoms. The molecule has 2 N–H and O–H groups in total. The van der Waals surface area contributed by atoms with Crippen LogP contribution in [-0.2, 0) is 4.79 Å². The molecule has 4 rings (SSSR count). The zero-order chi connectivity index (χ0) is 20.8. The third kappa shape index (κ3) is 4.06. The van der Waals surface area contributed by atoms with Crippen LogP contribution in [-0.4, -0.2) is 30.2 Å². The van der Waals surface area contributed by atoms with Crippen molar-refractivity contribution in [3.8, 4) is 5.75 Å². The highest BCUT2D eigenvalue weighted by molar-refractivity contribution is 6.01. The van der Waals surface area contributed by atoms with E-state index in [1.807, 2.05) is 24.3 Å². The molecular formula is C21H20F3N3O2. The molecule has 2 aliphatic rings. The molecular weight excluding hydrogens is 383 g/mol. The highest BCUT2D eigenvalue weighted by Crippen LogP contribution is 2.43. The molecule has 1 amide bonds. The van der Waals surface area contributed by atoms with Gasteiger partial charge in [0, 0.05) is 7.05 Å². The Kier molecular flexibility index (Phi) is 4.72. The third-order valence-electron chi connectivity index (χ3n) is 5.30. The van der Waals surface area contributed by atoms with Crippen LogP contribution in [0.3, 0.4) is 0 Å². The smallest absolute Gasteiger partial charge is 0.406 e. The minimum atomic E-state index is -4.80. The summed E-state index contributed by atoms with van der Waals surface area (Å²) in [5.74, 6) is -0.717. The van der Waals surface area contributed by atoms with Gasteiger partial charge in [0.2, 0.25) is 5.91 Å². The number of alkyl halides is 3. The van der Waals surface area contributed by atoms with Gasteiger partial charge >= 0.3 is 6.36 Å². The number of hydrogen-bond donors (Lipinski definition) is 1. The number of carbonyl (C=O) groups is 1. The Morgan fingerprint density at radius 3 is 2.34 bits per heavy atom. The lowest BCUT2D eigenvalue weighted by atomic mass is 9.84. The summed E-state index contributed by atoms with van der Waals surface area (Å²) in [5, 5.41) is 0. The van der Waals surface area contributed by atoms with Crippen LogP contribution in [0, 0.1) is 0 Å². The predicted octanol–water partition coefficient (Wildman–Crippen LogP) is 4.07. The first-order valence-electron chi connectivity index (χ1n) is 9.29. The van der Waals surface area contributed by atoms with Gasteiger partial charge in [0.25, 0.3) is 0 Å². The van der Waals surface area contributed by atoms with E-state index in [4.69, 9.17) is 5.73 Å². The second-order valence-corrected chi connectivity index (χ2v) is 7.37. The summed E-state index contributed by atoms with van der Waals surface area (Å²) < 4.78 is 41.9. The van der Waals surface area contributed by atoms with E-state index in [9.17, 15) is 18.0 Å². The fraction of sp³-hybridized carbons (Fsp3) is 0.333. The van der Waals surface area contributed by atoms with Gasteiger partial charge < -0.3 is 10.5 Å². The average Bonchev–Trinajstić information content (AvgIpc) is 3.50. The number of aliphatic imine (C=N–C) groups is 1. The summed E-state index contributed by atoms with van der Waals surface area (Å²) in [6, 6.07) is 12.6. The average molecular weight is 403 g/mol. The Bertz CT molecular complexity index is 952. The van der Waals surface area contributed by atoms with Gasteiger partial charge in [-0.1, -0.05) is 36.4 Å². The monoisotopic (exact) mass is 403 g/mol. The largest absolute Gasteiger partial charge is 0.573 e. The predicted molar refractivity (Wildman–Crippen MR) is 101 cm³/mol. The molecule has 0 spiro atoms. The van der Waals surface area contributed by atoms with Gasteiger partial charge in [0.1, 0.15) is 5.75 Å². The molecule has 29 heavy (non-hydrogen) atoms. The minimum Gasteiger partial charge on any atom is -0.406 e. The summed E-state index contributed by atoms with van der Waals surface area (Å²) in [4.78, 5) is 18.7. The number of halogens is 3. The molecule has 0 saturated heterocycles. The molecule has 1 aliphatic heterocycles. The number of carbonyl (C=O) groups excluding carboxylic acids is 1. The van der Waals surface area contributed by atoms with E-state index in [0.29, 0.717) is 11.5 Å². The molecule has 1 saturated carbocycles. The van der Waals surface area contributed by atoms with Crippen LogP contribution < -0.4 is 10.5 Å². The maximum atomic E-state index is 13.0. The first-order valence-corrected chi connectivity index (χ1v) is 9.29. The SMILES string of the molecule is CN1C(=O)[C@H](c2ccc(C3CC3)cc2)[C@@H](c2cccc(OC(F)(F)F)c2)N=C1N. The van der Waals surface area contributed by atoms with Gasteiger partial charge in [-0.2, -0.15) is 0 Å². The molecule has 0 unspecified atom stereocenters. The zero-order valence-electron chi connectivity index (χ0n) is 15.7. The van der Waals surface area contributed by atoms with Crippen molar-refractivity contribution in [2.45, 2.75) is 37.1 Å². The van der Waals surface area contributed by atoms with E-state index in [1.165, 1.54) is 48.6 Å². The quantitative estimate of drug-likeness (QED) is 0.837.